The molecule has 0 radical (unpaired) electrons. The summed E-state index contributed by atoms with van der Waals surface area (Å²) < 4.78 is 1.99. The van der Waals surface area contributed by atoms with Crippen LogP contribution in [-0.2, 0) is 13.0 Å². The smallest absolute Gasteiger partial charge is 0.0521 e. The molecule has 0 aromatic carbocycles. The Morgan fingerprint density at radius 1 is 1.53 bits per heavy atom. The number of nitrogens with zero attached hydrogens (tertiary/aromatic N) is 2. The minimum absolute atomic E-state index is 0.338. The summed E-state index contributed by atoms with van der Waals surface area (Å²) >= 11 is 3.62. The number of rotatable bonds is 5. The van der Waals surface area contributed by atoms with E-state index in [0.29, 0.717) is 10.2 Å². The van der Waals surface area contributed by atoms with E-state index >= 15 is 0 Å². The van der Waals surface area contributed by atoms with Crippen molar-refractivity contribution in [1.82, 2.24) is 9.78 Å². The second-order valence-electron chi connectivity index (χ2n) is 5.03. The summed E-state index contributed by atoms with van der Waals surface area (Å²) in [6.07, 6.45) is 6.43. The highest BCUT2D eigenvalue weighted by molar-refractivity contribution is 9.09. The van der Waals surface area contributed by atoms with Crippen LogP contribution in [0.25, 0.3) is 0 Å². The zero-order valence-electron chi connectivity index (χ0n) is 10.1. The van der Waals surface area contributed by atoms with Crippen LogP contribution in [0.15, 0.2) is 12.4 Å². The van der Waals surface area contributed by atoms with Crippen molar-refractivity contribution in [3.63, 3.8) is 0 Å². The van der Waals surface area contributed by atoms with Crippen molar-refractivity contribution in [1.29, 1.82) is 0 Å². The van der Waals surface area contributed by atoms with E-state index in [4.69, 9.17) is 0 Å². The van der Waals surface area contributed by atoms with Gasteiger partial charge in [0.25, 0.3) is 0 Å². The van der Waals surface area contributed by atoms with Crippen molar-refractivity contribution < 1.29 is 0 Å². The lowest BCUT2D eigenvalue weighted by molar-refractivity contribution is 0.335. The van der Waals surface area contributed by atoms with Gasteiger partial charge in [0.1, 0.15) is 0 Å². The molecule has 0 spiro atoms. The maximum Gasteiger partial charge on any atom is 0.0521 e. The lowest BCUT2D eigenvalue weighted by Gasteiger charge is -2.25. The highest BCUT2D eigenvalue weighted by Crippen LogP contribution is 2.29. The van der Waals surface area contributed by atoms with Crippen LogP contribution in [0.2, 0.25) is 0 Å². The molecule has 2 nitrogen and oxygen atoms in total. The van der Waals surface area contributed by atoms with Gasteiger partial charge in [0.2, 0.25) is 0 Å². The fraction of sp³-hybridized carbons (Fsp3) is 0.750. The predicted molar refractivity (Wildman–Crippen MR) is 68.4 cm³/mol. The Bertz CT molecular complexity index is 302. The van der Waals surface area contributed by atoms with E-state index in [1.165, 1.54) is 12.0 Å². The predicted octanol–water partition coefficient (Wildman–Crippen LogP) is 3.65. The molecule has 1 heterocycles. The van der Waals surface area contributed by atoms with Crippen LogP contribution in [-0.4, -0.2) is 14.6 Å². The molecule has 1 atom stereocenters. The lowest BCUT2D eigenvalue weighted by atomic mass is 9.82. The minimum Gasteiger partial charge on any atom is -0.273 e. The van der Waals surface area contributed by atoms with Gasteiger partial charge in [-0.05, 0) is 30.7 Å². The molecule has 0 saturated heterocycles. The monoisotopic (exact) mass is 272 g/mol. The van der Waals surface area contributed by atoms with E-state index in [9.17, 15) is 0 Å². The van der Waals surface area contributed by atoms with E-state index in [0.717, 1.165) is 13.0 Å². The Labute approximate surface area is 101 Å². The Hall–Kier alpha value is -0.310. The van der Waals surface area contributed by atoms with Crippen LogP contribution < -0.4 is 0 Å². The second kappa shape index (κ2) is 5.15. The zero-order valence-corrected chi connectivity index (χ0v) is 11.7. The van der Waals surface area contributed by atoms with E-state index in [-0.39, 0.29) is 0 Å². The number of alkyl halides is 1. The van der Waals surface area contributed by atoms with Crippen molar-refractivity contribution >= 4 is 15.9 Å². The van der Waals surface area contributed by atoms with Crippen molar-refractivity contribution in [2.24, 2.45) is 5.41 Å². The van der Waals surface area contributed by atoms with Gasteiger partial charge in [-0.25, -0.2) is 0 Å². The normalized spacial score (nSPS) is 14.2. The fourth-order valence-electron chi connectivity index (χ4n) is 2.06. The average Bonchev–Trinajstić information content (AvgIpc) is 2.48. The van der Waals surface area contributed by atoms with Crippen LogP contribution in [0.4, 0.5) is 0 Å². The molecular weight excluding hydrogens is 252 g/mol. The lowest BCUT2D eigenvalue weighted by Crippen LogP contribution is -2.18. The third kappa shape index (κ3) is 4.37. The van der Waals surface area contributed by atoms with Crippen molar-refractivity contribution in [2.75, 3.05) is 0 Å². The molecule has 0 amide bonds. The van der Waals surface area contributed by atoms with Crippen LogP contribution in [0.5, 0.6) is 0 Å². The van der Waals surface area contributed by atoms with Gasteiger partial charge in [-0.15, -0.1) is 0 Å². The topological polar surface area (TPSA) is 17.8 Å². The third-order valence-electron chi connectivity index (χ3n) is 2.53. The van der Waals surface area contributed by atoms with Gasteiger partial charge >= 0.3 is 0 Å². The standard InChI is InChI=1S/C12H21BrN2/c1-5-15-9-11(8-14-15)7-12(3,4)6-10(2)13/h8-10H,5-7H2,1-4H3. The van der Waals surface area contributed by atoms with Crippen LogP contribution in [0.1, 0.15) is 39.7 Å². The largest absolute Gasteiger partial charge is 0.273 e. The molecule has 0 aliphatic carbocycles. The Balaban J connectivity index is 2.59. The Morgan fingerprint density at radius 3 is 2.67 bits per heavy atom. The van der Waals surface area contributed by atoms with Gasteiger partial charge in [-0.2, -0.15) is 5.10 Å². The molecule has 0 fully saturated rings. The SMILES string of the molecule is CCn1cc(CC(C)(C)CC(C)Br)cn1. The molecule has 1 unspecified atom stereocenters. The summed E-state index contributed by atoms with van der Waals surface area (Å²) in [7, 11) is 0. The quantitative estimate of drug-likeness (QED) is 0.749. The number of aryl methyl sites for hydroxylation is 1. The molecule has 0 bridgehead atoms. The number of hydrogen-bond donors (Lipinski definition) is 0. The molecule has 3 heteroatoms. The zero-order chi connectivity index (χ0) is 11.5. The highest BCUT2D eigenvalue weighted by atomic mass is 79.9. The summed E-state index contributed by atoms with van der Waals surface area (Å²) in [5.74, 6) is 0. The molecule has 0 aliphatic rings. The van der Waals surface area contributed by atoms with Crippen LogP contribution >= 0.6 is 15.9 Å². The molecule has 0 N–H and O–H groups in total. The molecule has 1 aromatic rings. The first-order valence-electron chi connectivity index (χ1n) is 5.58. The highest BCUT2D eigenvalue weighted by Gasteiger charge is 2.21. The first-order chi connectivity index (χ1) is 6.93. The van der Waals surface area contributed by atoms with Gasteiger partial charge in [0.05, 0.1) is 6.20 Å². The number of halogens is 1. The first kappa shape index (κ1) is 12.8. The van der Waals surface area contributed by atoms with Crippen molar-refractivity contribution in [3.05, 3.63) is 18.0 Å². The van der Waals surface area contributed by atoms with E-state index in [2.05, 4.69) is 54.9 Å². The maximum atomic E-state index is 4.30. The number of aromatic nitrogens is 2. The maximum absolute atomic E-state index is 4.30. The van der Waals surface area contributed by atoms with Gasteiger partial charge in [0.15, 0.2) is 0 Å². The molecular formula is C12H21BrN2. The van der Waals surface area contributed by atoms with E-state index < -0.39 is 0 Å². The van der Waals surface area contributed by atoms with Gasteiger partial charge in [0, 0.05) is 17.6 Å². The van der Waals surface area contributed by atoms with E-state index in [1.807, 2.05) is 10.9 Å². The Morgan fingerprint density at radius 2 is 2.20 bits per heavy atom. The number of hydrogen-bond acceptors (Lipinski definition) is 1. The fourth-order valence-corrected chi connectivity index (χ4v) is 2.93. The summed E-state index contributed by atoms with van der Waals surface area (Å²) in [5, 5.41) is 4.30. The summed E-state index contributed by atoms with van der Waals surface area (Å²) in [6, 6.07) is 0. The Kier molecular flexibility index (Phi) is 4.38. The van der Waals surface area contributed by atoms with Gasteiger partial charge in [-0.1, -0.05) is 36.7 Å². The molecule has 86 valence electrons. The van der Waals surface area contributed by atoms with E-state index in [1.54, 1.807) is 0 Å². The second-order valence-corrected chi connectivity index (χ2v) is 6.59. The van der Waals surface area contributed by atoms with Crippen molar-refractivity contribution in [2.45, 2.75) is 51.9 Å². The van der Waals surface area contributed by atoms with Crippen LogP contribution in [0.3, 0.4) is 0 Å². The van der Waals surface area contributed by atoms with Gasteiger partial charge < -0.3 is 0 Å². The van der Waals surface area contributed by atoms with Crippen molar-refractivity contribution in [3.8, 4) is 0 Å². The molecule has 0 saturated carbocycles. The summed E-state index contributed by atoms with van der Waals surface area (Å²) in [5.41, 5.74) is 1.68. The molecule has 0 aliphatic heterocycles. The average molecular weight is 273 g/mol. The first-order valence-corrected chi connectivity index (χ1v) is 6.50. The molecule has 15 heavy (non-hydrogen) atoms. The molecule has 1 aromatic heterocycles. The third-order valence-corrected chi connectivity index (χ3v) is 2.85. The molecule has 1 rings (SSSR count). The summed E-state index contributed by atoms with van der Waals surface area (Å²) in [4.78, 5) is 0.578. The van der Waals surface area contributed by atoms with Gasteiger partial charge in [-0.3, -0.25) is 4.68 Å². The van der Waals surface area contributed by atoms with Crippen LogP contribution in [0, 0.1) is 5.41 Å². The summed E-state index contributed by atoms with van der Waals surface area (Å²) in [6.45, 7) is 9.90. The minimum atomic E-state index is 0.338.